The van der Waals surface area contributed by atoms with E-state index in [1.165, 1.54) is 56.9 Å². The van der Waals surface area contributed by atoms with Gasteiger partial charge in [-0.1, -0.05) is 69.4 Å². The molecule has 19 heavy (non-hydrogen) atoms. The zero-order valence-corrected chi connectivity index (χ0v) is 12.3. The van der Waals surface area contributed by atoms with E-state index in [2.05, 4.69) is 37.3 Å². The Balaban J connectivity index is 1.63. The van der Waals surface area contributed by atoms with Gasteiger partial charge in [-0.05, 0) is 24.8 Å². The summed E-state index contributed by atoms with van der Waals surface area (Å²) in [5.41, 5.74) is 1.45. The average Bonchev–Trinajstić information content (AvgIpc) is 2.49. The molecule has 1 fully saturated rings. The maximum absolute atomic E-state index is 6.05. The molecule has 2 atom stereocenters. The number of rotatable bonds is 7. The first-order chi connectivity index (χ1) is 9.40. The Labute approximate surface area is 118 Å². The van der Waals surface area contributed by atoms with Gasteiger partial charge in [0.25, 0.3) is 0 Å². The highest BCUT2D eigenvalue weighted by Gasteiger charge is 2.22. The SMILES string of the molecule is CCCCCCCC1CCC(c2ccccc2)CO1. The fourth-order valence-electron chi connectivity index (χ4n) is 3.00. The molecule has 1 nitrogen and oxygen atoms in total. The first-order valence-corrected chi connectivity index (χ1v) is 8.06. The van der Waals surface area contributed by atoms with E-state index in [1.54, 1.807) is 0 Å². The Kier molecular flexibility index (Phi) is 6.43. The van der Waals surface area contributed by atoms with Crippen molar-refractivity contribution in [1.29, 1.82) is 0 Å². The molecule has 2 unspecified atom stereocenters. The van der Waals surface area contributed by atoms with Crippen LogP contribution >= 0.6 is 0 Å². The highest BCUT2D eigenvalue weighted by atomic mass is 16.5. The first-order valence-electron chi connectivity index (χ1n) is 8.06. The summed E-state index contributed by atoms with van der Waals surface area (Å²) in [7, 11) is 0. The fraction of sp³-hybridized carbons (Fsp3) is 0.667. The lowest BCUT2D eigenvalue weighted by atomic mass is 9.90. The van der Waals surface area contributed by atoms with Gasteiger partial charge in [0.15, 0.2) is 0 Å². The minimum atomic E-state index is 0.529. The van der Waals surface area contributed by atoms with Gasteiger partial charge in [0.2, 0.25) is 0 Å². The molecule has 2 rings (SSSR count). The summed E-state index contributed by atoms with van der Waals surface area (Å²) in [5, 5.41) is 0. The highest BCUT2D eigenvalue weighted by Crippen LogP contribution is 2.29. The third-order valence-corrected chi connectivity index (χ3v) is 4.27. The monoisotopic (exact) mass is 260 g/mol. The Bertz CT molecular complexity index is 325. The summed E-state index contributed by atoms with van der Waals surface area (Å²) in [5.74, 6) is 0.623. The van der Waals surface area contributed by atoms with E-state index in [-0.39, 0.29) is 0 Å². The van der Waals surface area contributed by atoms with Gasteiger partial charge in [-0.3, -0.25) is 0 Å². The van der Waals surface area contributed by atoms with E-state index in [1.807, 2.05) is 0 Å². The molecule has 0 saturated carbocycles. The predicted octanol–water partition coefficient (Wildman–Crippen LogP) is 5.31. The topological polar surface area (TPSA) is 9.23 Å². The van der Waals surface area contributed by atoms with Crippen LogP contribution in [0.3, 0.4) is 0 Å². The van der Waals surface area contributed by atoms with Crippen molar-refractivity contribution >= 4 is 0 Å². The van der Waals surface area contributed by atoms with Gasteiger partial charge < -0.3 is 4.74 Å². The van der Waals surface area contributed by atoms with Crippen molar-refractivity contribution in [2.75, 3.05) is 6.61 Å². The van der Waals surface area contributed by atoms with Crippen molar-refractivity contribution in [3.63, 3.8) is 0 Å². The molecule has 106 valence electrons. The van der Waals surface area contributed by atoms with Crippen molar-refractivity contribution in [3.8, 4) is 0 Å². The van der Waals surface area contributed by atoms with Crippen LogP contribution in [-0.4, -0.2) is 12.7 Å². The molecule has 1 saturated heterocycles. The van der Waals surface area contributed by atoms with Crippen molar-refractivity contribution in [1.82, 2.24) is 0 Å². The van der Waals surface area contributed by atoms with E-state index in [4.69, 9.17) is 4.74 Å². The molecule has 1 aliphatic heterocycles. The molecule has 0 radical (unpaired) electrons. The first kappa shape index (κ1) is 14.6. The van der Waals surface area contributed by atoms with Crippen LogP contribution in [0.15, 0.2) is 30.3 Å². The molecular formula is C18H28O. The van der Waals surface area contributed by atoms with E-state index in [0.29, 0.717) is 12.0 Å². The summed E-state index contributed by atoms with van der Waals surface area (Å²) < 4.78 is 6.05. The Morgan fingerprint density at radius 1 is 1.00 bits per heavy atom. The normalized spacial score (nSPS) is 23.4. The lowest BCUT2D eigenvalue weighted by Gasteiger charge is -2.29. The molecule has 0 N–H and O–H groups in total. The molecule has 0 amide bonds. The van der Waals surface area contributed by atoms with Gasteiger partial charge in [-0.25, -0.2) is 0 Å². The van der Waals surface area contributed by atoms with Gasteiger partial charge in [0.1, 0.15) is 0 Å². The predicted molar refractivity (Wildman–Crippen MR) is 81.5 cm³/mol. The number of hydrogen-bond donors (Lipinski definition) is 0. The molecule has 0 aromatic heterocycles. The highest BCUT2D eigenvalue weighted by molar-refractivity contribution is 5.19. The lowest BCUT2D eigenvalue weighted by Crippen LogP contribution is -2.24. The van der Waals surface area contributed by atoms with Gasteiger partial charge in [0.05, 0.1) is 12.7 Å². The molecule has 0 aliphatic carbocycles. The van der Waals surface area contributed by atoms with Crippen molar-refractivity contribution in [2.24, 2.45) is 0 Å². The van der Waals surface area contributed by atoms with Crippen LogP contribution in [0.5, 0.6) is 0 Å². The van der Waals surface area contributed by atoms with Gasteiger partial charge >= 0.3 is 0 Å². The third-order valence-electron chi connectivity index (χ3n) is 4.27. The van der Waals surface area contributed by atoms with E-state index in [9.17, 15) is 0 Å². The molecule has 1 aromatic rings. The summed E-state index contributed by atoms with van der Waals surface area (Å²) >= 11 is 0. The van der Waals surface area contributed by atoms with Crippen LogP contribution in [0.25, 0.3) is 0 Å². The molecule has 0 bridgehead atoms. The fourth-order valence-corrected chi connectivity index (χ4v) is 3.00. The van der Waals surface area contributed by atoms with E-state index >= 15 is 0 Å². The molecule has 1 aromatic carbocycles. The maximum atomic E-state index is 6.05. The molecule has 1 heterocycles. The smallest absolute Gasteiger partial charge is 0.0575 e. The zero-order valence-electron chi connectivity index (χ0n) is 12.3. The van der Waals surface area contributed by atoms with E-state index in [0.717, 1.165) is 6.61 Å². The molecular weight excluding hydrogens is 232 g/mol. The second-order valence-electron chi connectivity index (χ2n) is 5.84. The summed E-state index contributed by atoms with van der Waals surface area (Å²) in [4.78, 5) is 0. The largest absolute Gasteiger partial charge is 0.378 e. The number of unbranched alkanes of at least 4 members (excludes halogenated alkanes) is 4. The van der Waals surface area contributed by atoms with Crippen LogP contribution in [0.1, 0.15) is 69.8 Å². The molecule has 1 heteroatoms. The number of hydrogen-bond acceptors (Lipinski definition) is 1. The minimum absolute atomic E-state index is 0.529. The zero-order chi connectivity index (χ0) is 13.3. The maximum Gasteiger partial charge on any atom is 0.0575 e. The van der Waals surface area contributed by atoms with Gasteiger partial charge in [0, 0.05) is 5.92 Å². The molecule has 1 aliphatic rings. The van der Waals surface area contributed by atoms with E-state index < -0.39 is 0 Å². The van der Waals surface area contributed by atoms with Crippen LogP contribution in [0, 0.1) is 0 Å². The number of benzene rings is 1. The summed E-state index contributed by atoms with van der Waals surface area (Å²) in [6.07, 6.45) is 11.2. The average molecular weight is 260 g/mol. The van der Waals surface area contributed by atoms with Crippen molar-refractivity contribution in [3.05, 3.63) is 35.9 Å². The summed E-state index contributed by atoms with van der Waals surface area (Å²) in [6, 6.07) is 10.8. The Morgan fingerprint density at radius 3 is 2.47 bits per heavy atom. The molecule has 0 spiro atoms. The lowest BCUT2D eigenvalue weighted by molar-refractivity contribution is -0.00213. The number of ether oxygens (including phenoxy) is 1. The van der Waals surface area contributed by atoms with Crippen molar-refractivity contribution < 1.29 is 4.74 Å². The quantitative estimate of drug-likeness (QED) is 0.604. The summed E-state index contributed by atoms with van der Waals surface area (Å²) in [6.45, 7) is 3.19. The van der Waals surface area contributed by atoms with Crippen LogP contribution in [0.4, 0.5) is 0 Å². The van der Waals surface area contributed by atoms with Gasteiger partial charge in [-0.15, -0.1) is 0 Å². The Hall–Kier alpha value is -0.820. The van der Waals surface area contributed by atoms with Gasteiger partial charge in [-0.2, -0.15) is 0 Å². The van der Waals surface area contributed by atoms with Crippen molar-refractivity contribution in [2.45, 2.75) is 70.3 Å². The van der Waals surface area contributed by atoms with Crippen LogP contribution in [0.2, 0.25) is 0 Å². The van der Waals surface area contributed by atoms with Crippen LogP contribution in [-0.2, 0) is 4.74 Å². The standard InChI is InChI=1S/C18H28O/c1-2-3-4-5-9-12-18-14-13-17(15-19-18)16-10-7-6-8-11-16/h6-8,10-11,17-18H,2-5,9,12-15H2,1H3. The van der Waals surface area contributed by atoms with Crippen LogP contribution < -0.4 is 0 Å². The third kappa shape index (κ3) is 4.99. The Morgan fingerprint density at radius 2 is 1.79 bits per heavy atom. The minimum Gasteiger partial charge on any atom is -0.378 e. The second kappa shape index (κ2) is 8.37. The second-order valence-corrected chi connectivity index (χ2v) is 5.84.